The molecule has 3 heteroatoms. The van der Waals surface area contributed by atoms with Gasteiger partial charge in [0.25, 0.3) is 0 Å². The molecule has 0 aromatic carbocycles. The molecular formula is C5H8N2O. The largest absolute Gasteiger partial charge is 0.340 e. The van der Waals surface area contributed by atoms with Gasteiger partial charge >= 0.3 is 6.03 Å². The van der Waals surface area contributed by atoms with Crippen molar-refractivity contribution < 1.29 is 4.79 Å². The van der Waals surface area contributed by atoms with Gasteiger partial charge < -0.3 is 5.32 Å². The summed E-state index contributed by atoms with van der Waals surface area (Å²) in [5.41, 5.74) is 0. The van der Waals surface area contributed by atoms with Crippen molar-refractivity contribution in [3.63, 3.8) is 0 Å². The van der Waals surface area contributed by atoms with E-state index in [1.807, 2.05) is 6.92 Å². The molecule has 0 saturated carbocycles. The molecule has 1 atom stereocenters. The fourth-order valence-electron chi connectivity index (χ4n) is 0.601. The predicted molar refractivity (Wildman–Crippen MR) is 31.1 cm³/mol. The number of amides is 2. The van der Waals surface area contributed by atoms with Gasteiger partial charge in [0, 0.05) is 18.7 Å². The lowest BCUT2D eigenvalue weighted by molar-refractivity contribution is 0.245. The Morgan fingerprint density at radius 3 is 3.12 bits per heavy atom. The second-order valence-corrected chi connectivity index (χ2v) is 1.90. The summed E-state index contributed by atoms with van der Waals surface area (Å²) in [6, 6.07) is 0.0451. The average molecular weight is 112 g/mol. The van der Waals surface area contributed by atoms with Gasteiger partial charge in [-0.15, -0.1) is 0 Å². The molecule has 1 aliphatic heterocycles. The third kappa shape index (κ3) is 1.05. The van der Waals surface area contributed by atoms with Crippen molar-refractivity contribution in [1.82, 2.24) is 5.32 Å². The Balaban J connectivity index is 2.54. The maximum absolute atomic E-state index is 10.4. The minimum Gasteiger partial charge on any atom is -0.333 e. The van der Waals surface area contributed by atoms with E-state index in [-0.39, 0.29) is 12.1 Å². The molecule has 1 heterocycles. The normalized spacial score (nSPS) is 27.6. The van der Waals surface area contributed by atoms with Crippen LogP contribution in [0.5, 0.6) is 0 Å². The van der Waals surface area contributed by atoms with E-state index in [1.54, 1.807) is 6.21 Å². The monoisotopic (exact) mass is 112 g/mol. The number of aliphatic imine (C=N–C) groups is 1. The molecule has 0 fully saturated rings. The molecule has 1 rings (SSSR count). The lowest BCUT2D eigenvalue weighted by Crippen LogP contribution is -2.33. The van der Waals surface area contributed by atoms with E-state index < -0.39 is 0 Å². The van der Waals surface area contributed by atoms with Crippen molar-refractivity contribution in [3.8, 4) is 0 Å². The van der Waals surface area contributed by atoms with E-state index in [1.165, 1.54) is 0 Å². The second kappa shape index (κ2) is 1.94. The Labute approximate surface area is 47.8 Å². The van der Waals surface area contributed by atoms with Crippen LogP contribution >= 0.6 is 0 Å². The van der Waals surface area contributed by atoms with Crippen molar-refractivity contribution in [3.05, 3.63) is 0 Å². The molecule has 1 N–H and O–H groups in total. The molecule has 0 saturated heterocycles. The van der Waals surface area contributed by atoms with Crippen LogP contribution in [0.25, 0.3) is 0 Å². The third-order valence-corrected chi connectivity index (χ3v) is 1.04. The minimum absolute atomic E-state index is 0.219. The van der Waals surface area contributed by atoms with Crippen LogP contribution in [0, 0.1) is 0 Å². The van der Waals surface area contributed by atoms with Crippen LogP contribution in [0.1, 0.15) is 13.3 Å². The molecule has 1 aliphatic rings. The van der Waals surface area contributed by atoms with E-state index in [2.05, 4.69) is 10.3 Å². The zero-order chi connectivity index (χ0) is 5.98. The molecule has 8 heavy (non-hydrogen) atoms. The van der Waals surface area contributed by atoms with E-state index in [4.69, 9.17) is 0 Å². The number of nitrogens with one attached hydrogen (secondary N) is 1. The van der Waals surface area contributed by atoms with Crippen molar-refractivity contribution >= 4 is 12.2 Å². The zero-order valence-corrected chi connectivity index (χ0v) is 4.72. The number of carbonyl (C=O) groups excluding carboxylic acids is 1. The highest BCUT2D eigenvalue weighted by Gasteiger charge is 2.07. The molecule has 44 valence electrons. The summed E-state index contributed by atoms with van der Waals surface area (Å²) >= 11 is 0. The fourth-order valence-corrected chi connectivity index (χ4v) is 0.601. The molecule has 3 nitrogen and oxygen atoms in total. The van der Waals surface area contributed by atoms with Gasteiger partial charge in [0.1, 0.15) is 0 Å². The number of carbonyl (C=O) groups is 1. The van der Waals surface area contributed by atoms with Crippen molar-refractivity contribution in [2.24, 2.45) is 4.99 Å². The molecule has 0 aromatic rings. The van der Waals surface area contributed by atoms with Crippen LogP contribution in [-0.2, 0) is 0 Å². The van der Waals surface area contributed by atoms with E-state index in [0.717, 1.165) is 6.42 Å². The van der Waals surface area contributed by atoms with Gasteiger partial charge in [-0.05, 0) is 6.92 Å². The number of rotatable bonds is 0. The number of urea groups is 1. The van der Waals surface area contributed by atoms with Crippen LogP contribution in [0.2, 0.25) is 0 Å². The lowest BCUT2D eigenvalue weighted by Gasteiger charge is -2.11. The second-order valence-electron chi connectivity index (χ2n) is 1.90. The maximum Gasteiger partial charge on any atom is 0.340 e. The standard InChI is InChI=1S/C5H8N2O/c1-4-2-3-6-5(8)7-4/h3-4H,2H2,1H3,(H,7,8). The molecule has 0 aliphatic carbocycles. The highest BCUT2D eigenvalue weighted by atomic mass is 16.2. The molecule has 0 radical (unpaired) electrons. The van der Waals surface area contributed by atoms with Crippen LogP contribution in [0.15, 0.2) is 4.99 Å². The quantitative estimate of drug-likeness (QED) is 0.488. The molecule has 2 amide bonds. The summed E-state index contributed by atoms with van der Waals surface area (Å²) in [6.45, 7) is 1.95. The summed E-state index contributed by atoms with van der Waals surface area (Å²) in [5.74, 6) is 0. The van der Waals surface area contributed by atoms with Crippen LogP contribution in [-0.4, -0.2) is 18.3 Å². The molecule has 0 bridgehead atoms. The summed E-state index contributed by atoms with van der Waals surface area (Å²) in [5, 5.41) is 2.64. The van der Waals surface area contributed by atoms with E-state index in [9.17, 15) is 4.79 Å². The van der Waals surface area contributed by atoms with Crippen molar-refractivity contribution in [1.29, 1.82) is 0 Å². The molecular weight excluding hydrogens is 104 g/mol. The summed E-state index contributed by atoms with van der Waals surface area (Å²) in [4.78, 5) is 13.9. The summed E-state index contributed by atoms with van der Waals surface area (Å²) in [6.07, 6.45) is 2.50. The van der Waals surface area contributed by atoms with E-state index in [0.29, 0.717) is 0 Å². The average Bonchev–Trinajstić information content (AvgIpc) is 1.64. The molecule has 1 unspecified atom stereocenters. The van der Waals surface area contributed by atoms with Crippen molar-refractivity contribution in [2.75, 3.05) is 0 Å². The fraction of sp³-hybridized carbons (Fsp3) is 0.600. The first kappa shape index (κ1) is 5.28. The number of hydrogen-bond acceptors (Lipinski definition) is 1. The molecule has 0 aromatic heterocycles. The van der Waals surface area contributed by atoms with Gasteiger partial charge in [0.15, 0.2) is 0 Å². The highest BCUT2D eigenvalue weighted by molar-refractivity contribution is 5.86. The molecule has 0 spiro atoms. The smallest absolute Gasteiger partial charge is 0.333 e. The number of nitrogens with zero attached hydrogens (tertiary/aromatic N) is 1. The number of hydrogen-bond donors (Lipinski definition) is 1. The van der Waals surface area contributed by atoms with Gasteiger partial charge in [-0.25, -0.2) is 9.79 Å². The Morgan fingerprint density at radius 1 is 2.00 bits per heavy atom. The minimum atomic E-state index is -0.219. The first-order valence-electron chi connectivity index (χ1n) is 2.62. The Hall–Kier alpha value is -0.860. The third-order valence-electron chi connectivity index (χ3n) is 1.04. The Morgan fingerprint density at radius 2 is 2.75 bits per heavy atom. The van der Waals surface area contributed by atoms with Gasteiger partial charge in [0.2, 0.25) is 0 Å². The maximum atomic E-state index is 10.4. The highest BCUT2D eigenvalue weighted by Crippen LogP contribution is 1.93. The zero-order valence-electron chi connectivity index (χ0n) is 4.72. The first-order valence-corrected chi connectivity index (χ1v) is 2.62. The van der Waals surface area contributed by atoms with Gasteiger partial charge in [-0.3, -0.25) is 0 Å². The van der Waals surface area contributed by atoms with Gasteiger partial charge in [-0.1, -0.05) is 0 Å². The SMILES string of the molecule is CC1CC=NC(=O)N1. The summed E-state index contributed by atoms with van der Waals surface area (Å²) < 4.78 is 0. The Bertz CT molecular complexity index is 130. The van der Waals surface area contributed by atoms with Gasteiger partial charge in [-0.2, -0.15) is 0 Å². The summed E-state index contributed by atoms with van der Waals surface area (Å²) in [7, 11) is 0. The van der Waals surface area contributed by atoms with Crippen LogP contribution in [0.3, 0.4) is 0 Å². The predicted octanol–water partition coefficient (Wildman–Crippen LogP) is 0.559. The topological polar surface area (TPSA) is 41.5 Å². The van der Waals surface area contributed by atoms with Crippen LogP contribution in [0.4, 0.5) is 4.79 Å². The van der Waals surface area contributed by atoms with E-state index >= 15 is 0 Å². The Kier molecular flexibility index (Phi) is 1.28. The first-order chi connectivity index (χ1) is 3.79. The van der Waals surface area contributed by atoms with Gasteiger partial charge in [0.05, 0.1) is 0 Å². The van der Waals surface area contributed by atoms with Crippen molar-refractivity contribution in [2.45, 2.75) is 19.4 Å². The van der Waals surface area contributed by atoms with Crippen LogP contribution < -0.4 is 5.32 Å². The lowest BCUT2D eigenvalue weighted by atomic mass is 10.2.